The molecule has 0 saturated heterocycles. The fraction of sp³-hybridized carbons (Fsp3) is 0.462. The molecule has 1 aliphatic carbocycles. The SMILES string of the molecule is CC(C)c1ccc(C2CC2C=O)cc1. The van der Waals surface area contributed by atoms with Crippen molar-refractivity contribution in [3.8, 4) is 0 Å². The highest BCUT2D eigenvalue weighted by Gasteiger charge is 2.37. The van der Waals surface area contributed by atoms with Crippen LogP contribution in [0.3, 0.4) is 0 Å². The molecule has 0 aromatic heterocycles. The Hall–Kier alpha value is -1.11. The Bertz CT molecular complexity index is 324. The molecule has 0 spiro atoms. The number of carbonyl (C=O) groups is 1. The summed E-state index contributed by atoms with van der Waals surface area (Å²) in [6.45, 7) is 4.39. The van der Waals surface area contributed by atoms with E-state index in [1.54, 1.807) is 0 Å². The van der Waals surface area contributed by atoms with Gasteiger partial charge in [-0.05, 0) is 29.4 Å². The highest BCUT2D eigenvalue weighted by atomic mass is 16.1. The summed E-state index contributed by atoms with van der Waals surface area (Å²) in [6, 6.07) is 8.70. The summed E-state index contributed by atoms with van der Waals surface area (Å²) in [6.07, 6.45) is 2.13. The van der Waals surface area contributed by atoms with Crippen LogP contribution in [0.25, 0.3) is 0 Å². The zero-order valence-corrected chi connectivity index (χ0v) is 8.73. The zero-order valence-electron chi connectivity index (χ0n) is 8.73. The van der Waals surface area contributed by atoms with E-state index >= 15 is 0 Å². The lowest BCUT2D eigenvalue weighted by Crippen LogP contribution is -1.89. The molecule has 1 fully saturated rings. The van der Waals surface area contributed by atoms with Gasteiger partial charge in [0.1, 0.15) is 6.29 Å². The maximum atomic E-state index is 10.5. The second-order valence-electron chi connectivity index (χ2n) is 4.46. The number of benzene rings is 1. The van der Waals surface area contributed by atoms with Crippen molar-refractivity contribution >= 4 is 6.29 Å². The standard InChI is InChI=1S/C13H16O/c1-9(2)10-3-5-11(6-4-10)13-7-12(13)8-14/h3-6,8-9,12-13H,7H2,1-2H3. The van der Waals surface area contributed by atoms with Gasteiger partial charge in [-0.3, -0.25) is 0 Å². The fourth-order valence-electron chi connectivity index (χ4n) is 1.88. The van der Waals surface area contributed by atoms with Gasteiger partial charge < -0.3 is 4.79 Å². The van der Waals surface area contributed by atoms with E-state index in [4.69, 9.17) is 0 Å². The Kier molecular flexibility index (Phi) is 2.40. The van der Waals surface area contributed by atoms with Crippen LogP contribution in [0, 0.1) is 5.92 Å². The maximum Gasteiger partial charge on any atom is 0.123 e. The summed E-state index contributed by atoms with van der Waals surface area (Å²) < 4.78 is 0. The molecule has 1 saturated carbocycles. The van der Waals surface area contributed by atoms with Crippen LogP contribution < -0.4 is 0 Å². The molecule has 1 aromatic rings. The lowest BCUT2D eigenvalue weighted by atomic mass is 10.00. The smallest absolute Gasteiger partial charge is 0.123 e. The summed E-state index contributed by atoms with van der Waals surface area (Å²) in [4.78, 5) is 10.5. The van der Waals surface area contributed by atoms with E-state index in [9.17, 15) is 4.79 Å². The van der Waals surface area contributed by atoms with Gasteiger partial charge in [0, 0.05) is 5.92 Å². The van der Waals surface area contributed by atoms with E-state index in [1.165, 1.54) is 11.1 Å². The fourth-order valence-corrected chi connectivity index (χ4v) is 1.88. The van der Waals surface area contributed by atoms with Gasteiger partial charge in [0.15, 0.2) is 0 Å². The van der Waals surface area contributed by atoms with E-state index in [0.29, 0.717) is 17.8 Å². The Morgan fingerprint density at radius 1 is 1.29 bits per heavy atom. The van der Waals surface area contributed by atoms with E-state index in [0.717, 1.165) is 12.7 Å². The van der Waals surface area contributed by atoms with E-state index in [1.807, 2.05) is 0 Å². The minimum absolute atomic E-state index is 0.292. The van der Waals surface area contributed by atoms with E-state index < -0.39 is 0 Å². The number of carbonyl (C=O) groups excluding carboxylic acids is 1. The molecule has 1 aliphatic rings. The first-order valence-corrected chi connectivity index (χ1v) is 5.27. The normalized spacial score (nSPS) is 25.1. The minimum atomic E-state index is 0.292. The van der Waals surface area contributed by atoms with Crippen LogP contribution in [0.5, 0.6) is 0 Å². The highest BCUT2D eigenvalue weighted by molar-refractivity contribution is 5.61. The summed E-state index contributed by atoms with van der Waals surface area (Å²) in [5.41, 5.74) is 2.70. The van der Waals surface area contributed by atoms with Crippen LogP contribution in [0.1, 0.15) is 43.2 Å². The van der Waals surface area contributed by atoms with Gasteiger partial charge in [-0.15, -0.1) is 0 Å². The Morgan fingerprint density at radius 2 is 1.93 bits per heavy atom. The lowest BCUT2D eigenvalue weighted by Gasteiger charge is -2.05. The topological polar surface area (TPSA) is 17.1 Å². The molecular weight excluding hydrogens is 172 g/mol. The molecule has 1 nitrogen and oxygen atoms in total. The number of rotatable bonds is 3. The predicted molar refractivity (Wildman–Crippen MR) is 57.4 cm³/mol. The van der Waals surface area contributed by atoms with Crippen LogP contribution in [0.2, 0.25) is 0 Å². The molecule has 0 radical (unpaired) electrons. The van der Waals surface area contributed by atoms with Crippen molar-refractivity contribution < 1.29 is 4.79 Å². The number of hydrogen-bond donors (Lipinski definition) is 0. The molecule has 2 unspecified atom stereocenters. The first kappa shape index (κ1) is 9.45. The van der Waals surface area contributed by atoms with Crippen molar-refractivity contribution in [2.45, 2.75) is 32.1 Å². The Morgan fingerprint density at radius 3 is 2.36 bits per heavy atom. The molecule has 0 heterocycles. The lowest BCUT2D eigenvalue weighted by molar-refractivity contribution is -0.108. The molecule has 0 N–H and O–H groups in total. The maximum absolute atomic E-state index is 10.5. The molecule has 0 amide bonds. The van der Waals surface area contributed by atoms with Crippen LogP contribution in [-0.2, 0) is 4.79 Å². The average Bonchev–Trinajstić information content (AvgIpc) is 2.97. The second-order valence-corrected chi connectivity index (χ2v) is 4.46. The molecular formula is C13H16O. The molecule has 0 bridgehead atoms. The monoisotopic (exact) mass is 188 g/mol. The third kappa shape index (κ3) is 1.72. The first-order chi connectivity index (χ1) is 6.72. The molecule has 2 atom stereocenters. The quantitative estimate of drug-likeness (QED) is 0.666. The summed E-state index contributed by atoms with van der Waals surface area (Å²) in [5.74, 6) is 1.39. The third-order valence-electron chi connectivity index (χ3n) is 3.05. The number of aldehydes is 1. The van der Waals surface area contributed by atoms with Gasteiger partial charge in [0.05, 0.1) is 0 Å². The van der Waals surface area contributed by atoms with Crippen molar-refractivity contribution in [3.05, 3.63) is 35.4 Å². The van der Waals surface area contributed by atoms with Gasteiger partial charge in [0.25, 0.3) is 0 Å². The molecule has 0 aliphatic heterocycles. The van der Waals surface area contributed by atoms with Gasteiger partial charge >= 0.3 is 0 Å². The van der Waals surface area contributed by atoms with Gasteiger partial charge in [-0.2, -0.15) is 0 Å². The summed E-state index contributed by atoms with van der Waals surface area (Å²) in [7, 11) is 0. The van der Waals surface area contributed by atoms with Crippen molar-refractivity contribution in [2.75, 3.05) is 0 Å². The number of hydrogen-bond acceptors (Lipinski definition) is 1. The van der Waals surface area contributed by atoms with Crippen LogP contribution in [0.15, 0.2) is 24.3 Å². The minimum Gasteiger partial charge on any atom is -0.303 e. The third-order valence-corrected chi connectivity index (χ3v) is 3.05. The second kappa shape index (κ2) is 3.56. The van der Waals surface area contributed by atoms with Gasteiger partial charge in [-0.25, -0.2) is 0 Å². The van der Waals surface area contributed by atoms with Crippen LogP contribution >= 0.6 is 0 Å². The highest BCUT2D eigenvalue weighted by Crippen LogP contribution is 2.45. The summed E-state index contributed by atoms with van der Waals surface area (Å²) in [5, 5.41) is 0. The van der Waals surface area contributed by atoms with Crippen molar-refractivity contribution in [1.82, 2.24) is 0 Å². The molecule has 1 heteroatoms. The average molecular weight is 188 g/mol. The Labute approximate surface area is 85.1 Å². The Balaban J connectivity index is 2.11. The largest absolute Gasteiger partial charge is 0.303 e. The molecule has 1 aromatic carbocycles. The molecule has 2 rings (SSSR count). The van der Waals surface area contributed by atoms with Crippen LogP contribution in [0.4, 0.5) is 0 Å². The first-order valence-electron chi connectivity index (χ1n) is 5.27. The van der Waals surface area contributed by atoms with Crippen molar-refractivity contribution in [3.63, 3.8) is 0 Å². The molecule has 14 heavy (non-hydrogen) atoms. The van der Waals surface area contributed by atoms with Gasteiger partial charge in [0.2, 0.25) is 0 Å². The van der Waals surface area contributed by atoms with E-state index in [2.05, 4.69) is 38.1 Å². The van der Waals surface area contributed by atoms with Crippen molar-refractivity contribution in [1.29, 1.82) is 0 Å². The van der Waals surface area contributed by atoms with Crippen LogP contribution in [-0.4, -0.2) is 6.29 Å². The predicted octanol–water partition coefficient (Wildman–Crippen LogP) is 3.11. The van der Waals surface area contributed by atoms with Gasteiger partial charge in [-0.1, -0.05) is 38.1 Å². The molecule has 74 valence electrons. The van der Waals surface area contributed by atoms with Crippen molar-refractivity contribution in [2.24, 2.45) is 5.92 Å². The zero-order chi connectivity index (χ0) is 10.1. The van der Waals surface area contributed by atoms with E-state index in [-0.39, 0.29) is 0 Å². The summed E-state index contributed by atoms with van der Waals surface area (Å²) >= 11 is 0.